The molecule has 5 amide bonds. The third-order valence-electron chi connectivity index (χ3n) is 11.9. The number of aromatic amines is 1. The summed E-state index contributed by atoms with van der Waals surface area (Å²) in [6.07, 6.45) is 3.08. The van der Waals surface area contributed by atoms with Crippen LogP contribution in [0.5, 0.6) is 0 Å². The van der Waals surface area contributed by atoms with E-state index in [0.717, 1.165) is 34.4 Å². The number of piperazine rings is 1. The van der Waals surface area contributed by atoms with Crippen molar-refractivity contribution in [3.05, 3.63) is 74.8 Å². The molecule has 3 aromatic rings. The van der Waals surface area contributed by atoms with Crippen molar-refractivity contribution in [3.63, 3.8) is 0 Å². The summed E-state index contributed by atoms with van der Waals surface area (Å²) in [6, 6.07) is 9.36. The van der Waals surface area contributed by atoms with Gasteiger partial charge in [-0.3, -0.25) is 28.8 Å². The maximum Gasteiger partial charge on any atom is 0.253 e. The van der Waals surface area contributed by atoms with Gasteiger partial charge in [-0.25, -0.2) is 4.98 Å². The quantitative estimate of drug-likeness (QED) is 0.0336. The molecule has 7 N–H and O–H groups in total. The second-order valence-electron chi connectivity index (χ2n) is 18.0. The fourth-order valence-electron chi connectivity index (χ4n) is 8.00. The zero-order chi connectivity index (χ0) is 53.2. The van der Waals surface area contributed by atoms with E-state index in [1.165, 1.54) is 4.90 Å². The monoisotopic (exact) mass is 1030 g/mol. The van der Waals surface area contributed by atoms with Gasteiger partial charge < -0.3 is 79.9 Å². The molecular formula is C51H74N10O13. The molecule has 74 heavy (non-hydrogen) atoms. The highest BCUT2D eigenvalue weighted by Crippen LogP contribution is 2.30. The first-order chi connectivity index (χ1) is 35.7. The predicted molar refractivity (Wildman–Crippen MR) is 276 cm³/mol. The van der Waals surface area contributed by atoms with Crippen molar-refractivity contribution in [3.8, 4) is 11.1 Å². The SMILES string of the molecule is Cc1cc(C)c(CNC(=O)c2cc(-c3ccc(N4CCN(C(=O)COCCOCCOCC(=O)NCCOCCOCCOCCC(=O)NCC(=O)N5CC[C@@H](O)C5)CC4)nc3)cc(NC(C)C)c2C=N)c(=O)[nH]1. The molecular weight excluding hydrogens is 961 g/mol. The van der Waals surface area contributed by atoms with Crippen molar-refractivity contribution >= 4 is 47.3 Å². The summed E-state index contributed by atoms with van der Waals surface area (Å²) in [7, 11) is 0. The average Bonchev–Trinajstić information content (AvgIpc) is 3.83. The highest BCUT2D eigenvalue weighted by Gasteiger charge is 2.25. The number of aromatic nitrogens is 2. The first-order valence-corrected chi connectivity index (χ1v) is 25.1. The number of H-pyrrole nitrogens is 1. The summed E-state index contributed by atoms with van der Waals surface area (Å²) in [6.45, 7) is 13.3. The molecule has 0 saturated carbocycles. The van der Waals surface area contributed by atoms with E-state index in [1.54, 1.807) is 24.1 Å². The van der Waals surface area contributed by atoms with Crippen molar-refractivity contribution in [1.82, 2.24) is 35.7 Å². The number of amides is 5. The molecule has 2 fully saturated rings. The number of pyridine rings is 2. The largest absolute Gasteiger partial charge is 0.391 e. The molecule has 5 rings (SSSR count). The minimum atomic E-state index is -0.499. The van der Waals surface area contributed by atoms with E-state index in [4.69, 9.17) is 38.8 Å². The Balaban J connectivity index is 0.864. The van der Waals surface area contributed by atoms with Gasteiger partial charge in [0, 0.05) is 105 Å². The smallest absolute Gasteiger partial charge is 0.253 e. The number of benzene rings is 1. The van der Waals surface area contributed by atoms with E-state index >= 15 is 0 Å². The molecule has 1 atom stereocenters. The number of likely N-dealkylation sites (tertiary alicyclic amines) is 1. The van der Waals surface area contributed by atoms with E-state index < -0.39 is 12.0 Å². The number of hydrogen-bond acceptors (Lipinski definition) is 17. The summed E-state index contributed by atoms with van der Waals surface area (Å²) in [5.41, 5.74) is 4.58. The molecule has 23 nitrogen and oxygen atoms in total. The van der Waals surface area contributed by atoms with Gasteiger partial charge in [-0.05, 0) is 75.6 Å². The predicted octanol–water partition coefficient (Wildman–Crippen LogP) is 0.766. The van der Waals surface area contributed by atoms with Crippen LogP contribution in [-0.4, -0.2) is 204 Å². The summed E-state index contributed by atoms with van der Waals surface area (Å²) in [5.74, 6) is -0.568. The Morgan fingerprint density at radius 2 is 1.43 bits per heavy atom. The number of hydrogen-bond donors (Lipinski definition) is 7. The molecule has 2 aliphatic rings. The van der Waals surface area contributed by atoms with E-state index in [2.05, 4.69) is 31.2 Å². The van der Waals surface area contributed by atoms with Gasteiger partial charge in [-0.1, -0.05) is 0 Å². The summed E-state index contributed by atoms with van der Waals surface area (Å²) in [4.78, 5) is 88.0. The number of ether oxygens (including phenoxy) is 6. The number of β-amino-alcohol motifs (C(OH)–C–C–N with tert-alkyl or cyclic N) is 1. The van der Waals surface area contributed by atoms with Crippen molar-refractivity contribution in [2.24, 2.45) is 0 Å². The molecule has 2 aliphatic heterocycles. The fraction of sp³-hybridized carbons (Fsp3) is 0.569. The Hall–Kier alpha value is -6.34. The third kappa shape index (κ3) is 19.8. The van der Waals surface area contributed by atoms with Crippen LogP contribution in [0.25, 0.3) is 11.1 Å². The number of aliphatic hydroxyl groups is 1. The lowest BCUT2D eigenvalue weighted by Crippen LogP contribution is -2.50. The Morgan fingerprint density at radius 3 is 2.05 bits per heavy atom. The fourth-order valence-corrected chi connectivity index (χ4v) is 8.00. The second-order valence-corrected chi connectivity index (χ2v) is 18.0. The van der Waals surface area contributed by atoms with E-state index in [1.807, 2.05) is 45.0 Å². The van der Waals surface area contributed by atoms with Crippen LogP contribution in [-0.2, 0) is 54.1 Å². The standard InChI is InChI=1S/C51H74N10O13/c1-35(2)57-44-27-39(26-41(42(44)28-52)50(67)56-30-43-36(3)25-37(4)58-51(43)68)38-5-6-45(54-29-38)59-11-13-60(14-12-59)49(66)34-74-24-22-72-21-23-73-33-47(64)53-9-16-70-18-20-71-19-17-69-15-8-46(63)55-31-48(65)61-10-7-40(62)32-61/h5-6,25-29,35,40,52,57,62H,7-24,30-34H2,1-4H3,(H,53,64)(H,55,63)(H,56,67)(H,58,68)/t40-/m1/s1. The average molecular weight is 1040 g/mol. The Labute approximate surface area is 431 Å². The van der Waals surface area contributed by atoms with Gasteiger partial charge >= 0.3 is 0 Å². The maximum atomic E-state index is 13.6. The van der Waals surface area contributed by atoms with Crippen molar-refractivity contribution in [2.45, 2.75) is 59.2 Å². The maximum absolute atomic E-state index is 13.6. The lowest BCUT2D eigenvalue weighted by Gasteiger charge is -2.35. The Kier molecular flexibility index (Phi) is 24.8. The van der Waals surface area contributed by atoms with Gasteiger partial charge in [-0.15, -0.1) is 0 Å². The first-order valence-electron chi connectivity index (χ1n) is 25.1. The minimum absolute atomic E-state index is 0.0262. The molecule has 0 aliphatic carbocycles. The van der Waals surface area contributed by atoms with E-state index in [-0.39, 0.29) is 101 Å². The molecule has 0 bridgehead atoms. The molecule has 1 aromatic carbocycles. The van der Waals surface area contributed by atoms with Crippen LogP contribution in [0.15, 0.2) is 41.3 Å². The molecule has 23 heteroatoms. The molecule has 0 spiro atoms. The van der Waals surface area contributed by atoms with Gasteiger partial charge in [0.25, 0.3) is 11.5 Å². The van der Waals surface area contributed by atoms with Gasteiger partial charge in [0.2, 0.25) is 23.6 Å². The minimum Gasteiger partial charge on any atom is -0.391 e. The molecule has 2 aromatic heterocycles. The second kappa shape index (κ2) is 31.4. The van der Waals surface area contributed by atoms with Crippen molar-refractivity contribution in [2.75, 3.05) is 142 Å². The number of carbonyl (C=O) groups is 5. The molecule has 4 heterocycles. The van der Waals surface area contributed by atoms with E-state index in [9.17, 15) is 33.9 Å². The van der Waals surface area contributed by atoms with Crippen molar-refractivity contribution in [1.29, 1.82) is 5.41 Å². The van der Waals surface area contributed by atoms with Crippen LogP contribution in [0.2, 0.25) is 0 Å². The zero-order valence-corrected chi connectivity index (χ0v) is 43.1. The van der Waals surface area contributed by atoms with Crippen LogP contribution in [0, 0.1) is 19.3 Å². The summed E-state index contributed by atoms with van der Waals surface area (Å²) in [5, 5.41) is 29.2. The third-order valence-corrected chi connectivity index (χ3v) is 11.9. The van der Waals surface area contributed by atoms with Gasteiger partial charge in [0.1, 0.15) is 19.0 Å². The molecule has 2 saturated heterocycles. The van der Waals surface area contributed by atoms with Crippen LogP contribution < -0.4 is 31.7 Å². The van der Waals surface area contributed by atoms with Gasteiger partial charge in [0.05, 0.1) is 84.3 Å². The first kappa shape index (κ1) is 58.5. The number of anilines is 2. The Bertz CT molecular complexity index is 2360. The lowest BCUT2D eigenvalue weighted by molar-refractivity contribution is -0.137. The number of rotatable bonds is 32. The number of aliphatic hydroxyl groups excluding tert-OH is 1. The zero-order valence-electron chi connectivity index (χ0n) is 43.1. The van der Waals surface area contributed by atoms with Crippen molar-refractivity contribution < 1.29 is 57.5 Å². The highest BCUT2D eigenvalue weighted by molar-refractivity contribution is 6.06. The van der Waals surface area contributed by atoms with Gasteiger partial charge in [-0.2, -0.15) is 0 Å². The Morgan fingerprint density at radius 1 is 0.770 bits per heavy atom. The number of nitrogens with one attached hydrogen (secondary N) is 6. The van der Waals surface area contributed by atoms with Gasteiger partial charge in [0.15, 0.2) is 0 Å². The highest BCUT2D eigenvalue weighted by atomic mass is 16.6. The molecule has 0 radical (unpaired) electrons. The molecule has 406 valence electrons. The summed E-state index contributed by atoms with van der Waals surface area (Å²) < 4.78 is 32.7. The van der Waals surface area contributed by atoms with Crippen LogP contribution in [0.3, 0.4) is 0 Å². The van der Waals surface area contributed by atoms with E-state index in [0.29, 0.717) is 108 Å². The lowest BCUT2D eigenvalue weighted by atomic mass is 9.97. The normalized spacial score (nSPS) is 14.6. The summed E-state index contributed by atoms with van der Waals surface area (Å²) >= 11 is 0. The molecule has 0 unspecified atom stereocenters. The van der Waals surface area contributed by atoms with Crippen LogP contribution in [0.1, 0.15) is 59.4 Å². The van der Waals surface area contributed by atoms with Crippen LogP contribution >= 0.6 is 0 Å². The number of nitrogens with zero attached hydrogens (tertiary/aromatic N) is 4. The van der Waals surface area contributed by atoms with Crippen LogP contribution in [0.4, 0.5) is 11.5 Å². The number of aryl methyl sites for hydroxylation is 2. The number of carbonyl (C=O) groups excluding carboxylic acids is 5. The topological polar surface area (TPSA) is 288 Å².